The molecule has 4 heteroatoms. The van der Waals surface area contributed by atoms with Crippen molar-refractivity contribution in [3.8, 4) is 0 Å². The largest absolute Gasteiger partial charge is 0.377 e. The molecule has 21 heavy (non-hydrogen) atoms. The van der Waals surface area contributed by atoms with Crippen molar-refractivity contribution in [1.29, 1.82) is 0 Å². The van der Waals surface area contributed by atoms with E-state index in [4.69, 9.17) is 16.3 Å². The second-order valence-electron chi connectivity index (χ2n) is 5.72. The molecule has 0 bridgehead atoms. The summed E-state index contributed by atoms with van der Waals surface area (Å²) in [7, 11) is 2.06. The molecule has 1 aromatic rings. The van der Waals surface area contributed by atoms with Crippen LogP contribution in [0.15, 0.2) is 18.2 Å². The molecular weight excluding hydrogens is 284 g/mol. The van der Waals surface area contributed by atoms with E-state index in [9.17, 15) is 0 Å². The first-order valence-corrected chi connectivity index (χ1v) is 8.19. The number of nitrogens with one attached hydrogen (secondary N) is 1. The van der Waals surface area contributed by atoms with Crippen LogP contribution in [0, 0.1) is 0 Å². The SMILES string of the molecule is CCCNC(C)c1ccc(N(C)CCOC(C)C)cc1Cl. The van der Waals surface area contributed by atoms with Crippen LogP contribution in [0.3, 0.4) is 0 Å². The quantitative estimate of drug-likeness (QED) is 0.737. The zero-order valence-electron chi connectivity index (χ0n) is 13.9. The second kappa shape index (κ2) is 9.29. The average Bonchev–Trinajstić information content (AvgIpc) is 2.44. The highest BCUT2D eigenvalue weighted by molar-refractivity contribution is 6.31. The highest BCUT2D eigenvalue weighted by Gasteiger charge is 2.11. The first kappa shape index (κ1) is 18.3. The van der Waals surface area contributed by atoms with Crippen molar-refractivity contribution in [2.24, 2.45) is 0 Å². The van der Waals surface area contributed by atoms with Crippen LogP contribution >= 0.6 is 11.6 Å². The highest BCUT2D eigenvalue weighted by Crippen LogP contribution is 2.27. The van der Waals surface area contributed by atoms with Crippen molar-refractivity contribution in [2.45, 2.75) is 46.3 Å². The molecule has 0 saturated heterocycles. The summed E-state index contributed by atoms with van der Waals surface area (Å²) in [5, 5.41) is 4.29. The summed E-state index contributed by atoms with van der Waals surface area (Å²) in [6, 6.07) is 6.56. The molecule has 1 N–H and O–H groups in total. The Hall–Kier alpha value is -0.770. The van der Waals surface area contributed by atoms with Gasteiger partial charge in [0.25, 0.3) is 0 Å². The van der Waals surface area contributed by atoms with Gasteiger partial charge < -0.3 is 15.0 Å². The molecule has 0 aliphatic heterocycles. The second-order valence-corrected chi connectivity index (χ2v) is 6.13. The van der Waals surface area contributed by atoms with Gasteiger partial charge in [0.05, 0.1) is 12.7 Å². The van der Waals surface area contributed by atoms with Gasteiger partial charge in [0.1, 0.15) is 0 Å². The van der Waals surface area contributed by atoms with Crippen molar-refractivity contribution in [1.82, 2.24) is 5.32 Å². The Kier molecular flexibility index (Phi) is 8.09. The molecule has 120 valence electrons. The van der Waals surface area contributed by atoms with Gasteiger partial charge in [-0.2, -0.15) is 0 Å². The highest BCUT2D eigenvalue weighted by atomic mass is 35.5. The topological polar surface area (TPSA) is 24.5 Å². The lowest BCUT2D eigenvalue weighted by atomic mass is 10.1. The van der Waals surface area contributed by atoms with Gasteiger partial charge in [-0.1, -0.05) is 24.6 Å². The third-order valence-corrected chi connectivity index (χ3v) is 3.80. The molecule has 0 heterocycles. The molecule has 1 atom stereocenters. The van der Waals surface area contributed by atoms with Gasteiger partial charge in [-0.15, -0.1) is 0 Å². The van der Waals surface area contributed by atoms with Crippen molar-refractivity contribution in [3.63, 3.8) is 0 Å². The molecule has 1 rings (SSSR count). The van der Waals surface area contributed by atoms with E-state index in [0.717, 1.165) is 42.4 Å². The van der Waals surface area contributed by atoms with Gasteiger partial charge in [0.2, 0.25) is 0 Å². The first-order chi connectivity index (χ1) is 9.95. The summed E-state index contributed by atoms with van der Waals surface area (Å²) in [6.07, 6.45) is 1.40. The third kappa shape index (κ3) is 6.25. The van der Waals surface area contributed by atoms with Crippen LogP contribution in [-0.4, -0.2) is 32.8 Å². The lowest BCUT2D eigenvalue weighted by Gasteiger charge is -2.22. The zero-order valence-corrected chi connectivity index (χ0v) is 14.7. The maximum Gasteiger partial charge on any atom is 0.0644 e. The summed E-state index contributed by atoms with van der Waals surface area (Å²) >= 11 is 6.43. The van der Waals surface area contributed by atoms with Crippen LogP contribution in [0.4, 0.5) is 5.69 Å². The lowest BCUT2D eigenvalue weighted by molar-refractivity contribution is 0.0846. The zero-order chi connectivity index (χ0) is 15.8. The van der Waals surface area contributed by atoms with Crippen molar-refractivity contribution in [2.75, 3.05) is 31.6 Å². The van der Waals surface area contributed by atoms with Gasteiger partial charge in [-0.25, -0.2) is 0 Å². The van der Waals surface area contributed by atoms with Gasteiger partial charge in [0, 0.05) is 30.3 Å². The molecule has 0 saturated carbocycles. The minimum absolute atomic E-state index is 0.273. The summed E-state index contributed by atoms with van der Waals surface area (Å²) in [6.45, 7) is 11.0. The van der Waals surface area contributed by atoms with Gasteiger partial charge in [-0.3, -0.25) is 0 Å². The Morgan fingerprint density at radius 3 is 2.57 bits per heavy atom. The predicted octanol–water partition coefficient (Wildman–Crippen LogP) is 4.26. The fraction of sp³-hybridized carbons (Fsp3) is 0.647. The number of ether oxygens (including phenoxy) is 1. The predicted molar refractivity (Wildman–Crippen MR) is 92.5 cm³/mol. The van der Waals surface area contributed by atoms with Crippen LogP contribution < -0.4 is 10.2 Å². The lowest BCUT2D eigenvalue weighted by Crippen LogP contribution is -2.24. The number of hydrogen-bond donors (Lipinski definition) is 1. The van der Waals surface area contributed by atoms with E-state index in [1.54, 1.807) is 0 Å². The monoisotopic (exact) mass is 312 g/mol. The van der Waals surface area contributed by atoms with E-state index in [-0.39, 0.29) is 12.1 Å². The normalized spacial score (nSPS) is 12.7. The standard InChI is InChI=1S/C17H29ClN2O/c1-6-9-19-14(4)16-8-7-15(12-17(16)18)20(5)10-11-21-13(2)3/h7-8,12-14,19H,6,9-11H2,1-5H3. The summed E-state index contributed by atoms with van der Waals surface area (Å²) in [5.74, 6) is 0. The van der Waals surface area contributed by atoms with Crippen molar-refractivity contribution >= 4 is 17.3 Å². The molecule has 3 nitrogen and oxygen atoms in total. The molecule has 0 fully saturated rings. The summed E-state index contributed by atoms with van der Waals surface area (Å²) in [5.41, 5.74) is 2.28. The van der Waals surface area contributed by atoms with Gasteiger partial charge in [0.15, 0.2) is 0 Å². The van der Waals surface area contributed by atoms with Crippen LogP contribution in [0.5, 0.6) is 0 Å². The van der Waals surface area contributed by atoms with Crippen LogP contribution in [0.25, 0.3) is 0 Å². The number of anilines is 1. The smallest absolute Gasteiger partial charge is 0.0644 e. The van der Waals surface area contributed by atoms with E-state index in [0.29, 0.717) is 0 Å². The van der Waals surface area contributed by atoms with E-state index < -0.39 is 0 Å². The number of halogens is 1. The fourth-order valence-electron chi connectivity index (χ4n) is 2.13. The minimum Gasteiger partial charge on any atom is -0.377 e. The number of likely N-dealkylation sites (N-methyl/N-ethyl adjacent to an activating group) is 1. The Morgan fingerprint density at radius 2 is 2.00 bits per heavy atom. The number of nitrogens with zero attached hydrogens (tertiary/aromatic N) is 1. The molecule has 0 amide bonds. The maximum absolute atomic E-state index is 6.43. The molecule has 0 radical (unpaired) electrons. The van der Waals surface area contributed by atoms with Crippen molar-refractivity contribution < 1.29 is 4.74 Å². The molecule has 0 aliphatic rings. The minimum atomic E-state index is 0.273. The van der Waals surface area contributed by atoms with E-state index >= 15 is 0 Å². The summed E-state index contributed by atoms with van der Waals surface area (Å²) in [4.78, 5) is 2.17. The third-order valence-electron chi connectivity index (χ3n) is 3.47. The maximum atomic E-state index is 6.43. The molecule has 0 spiro atoms. The Balaban J connectivity index is 2.64. The van der Waals surface area contributed by atoms with E-state index in [1.807, 2.05) is 6.07 Å². The fourth-order valence-corrected chi connectivity index (χ4v) is 2.47. The van der Waals surface area contributed by atoms with E-state index in [2.05, 4.69) is 57.1 Å². The number of hydrogen-bond acceptors (Lipinski definition) is 3. The molecule has 0 aromatic heterocycles. The van der Waals surface area contributed by atoms with Crippen LogP contribution in [-0.2, 0) is 4.74 Å². The Bertz CT molecular complexity index is 423. The summed E-state index contributed by atoms with van der Waals surface area (Å²) < 4.78 is 5.59. The van der Waals surface area contributed by atoms with Gasteiger partial charge in [-0.05, 0) is 51.4 Å². The van der Waals surface area contributed by atoms with Crippen LogP contribution in [0.1, 0.15) is 45.7 Å². The van der Waals surface area contributed by atoms with E-state index in [1.165, 1.54) is 0 Å². The first-order valence-electron chi connectivity index (χ1n) is 7.81. The Morgan fingerprint density at radius 1 is 1.29 bits per heavy atom. The molecular formula is C17H29ClN2O. The average molecular weight is 313 g/mol. The number of rotatable bonds is 9. The Labute approximate surface area is 134 Å². The molecule has 1 unspecified atom stereocenters. The molecule has 1 aromatic carbocycles. The van der Waals surface area contributed by atoms with Crippen molar-refractivity contribution in [3.05, 3.63) is 28.8 Å². The number of benzene rings is 1. The molecule has 0 aliphatic carbocycles. The van der Waals surface area contributed by atoms with Gasteiger partial charge >= 0.3 is 0 Å². The van der Waals surface area contributed by atoms with Crippen LogP contribution in [0.2, 0.25) is 5.02 Å².